The van der Waals surface area contributed by atoms with Gasteiger partial charge in [0.25, 0.3) is 5.56 Å². The van der Waals surface area contributed by atoms with Crippen molar-refractivity contribution in [2.24, 2.45) is 0 Å². The van der Waals surface area contributed by atoms with E-state index in [1.807, 2.05) is 45.0 Å². The minimum Gasteiger partial charge on any atom is -0.457 e. The first-order valence-electron chi connectivity index (χ1n) is 9.50. The maximum Gasteiger partial charge on any atom is 0.262 e. The van der Waals surface area contributed by atoms with Crippen LogP contribution in [-0.4, -0.2) is 15.5 Å². The Balaban J connectivity index is 1.43. The lowest BCUT2D eigenvalue weighted by atomic mass is 10.2. The molecule has 0 aliphatic rings. The van der Waals surface area contributed by atoms with E-state index in [2.05, 4.69) is 10.3 Å². The summed E-state index contributed by atoms with van der Waals surface area (Å²) in [5, 5.41) is 3.39. The van der Waals surface area contributed by atoms with E-state index in [0.29, 0.717) is 21.7 Å². The van der Waals surface area contributed by atoms with E-state index in [1.165, 1.54) is 22.2 Å². The maximum absolute atomic E-state index is 12.7. The van der Waals surface area contributed by atoms with E-state index in [9.17, 15) is 9.59 Å². The van der Waals surface area contributed by atoms with Crippen molar-refractivity contribution in [1.29, 1.82) is 0 Å². The molecule has 0 saturated heterocycles. The van der Waals surface area contributed by atoms with E-state index >= 15 is 0 Å². The van der Waals surface area contributed by atoms with Crippen LogP contribution in [0.1, 0.15) is 16.0 Å². The summed E-state index contributed by atoms with van der Waals surface area (Å²) < 4.78 is 7.13. The molecular weight excluding hydrogens is 398 g/mol. The number of nitrogens with zero attached hydrogens (tertiary/aromatic N) is 2. The fourth-order valence-corrected chi connectivity index (χ4v) is 4.07. The van der Waals surface area contributed by atoms with Crippen LogP contribution in [0, 0.1) is 20.8 Å². The van der Waals surface area contributed by atoms with Gasteiger partial charge in [-0.1, -0.05) is 17.7 Å². The third-order valence-electron chi connectivity index (χ3n) is 4.86. The van der Waals surface area contributed by atoms with Gasteiger partial charge in [0.05, 0.1) is 11.7 Å². The van der Waals surface area contributed by atoms with Gasteiger partial charge in [0.15, 0.2) is 0 Å². The highest BCUT2D eigenvalue weighted by atomic mass is 32.1. The summed E-state index contributed by atoms with van der Waals surface area (Å²) in [5.74, 6) is 1.12. The Morgan fingerprint density at radius 3 is 2.33 bits per heavy atom. The number of hydrogen-bond donors (Lipinski definition) is 1. The fourth-order valence-electron chi connectivity index (χ4n) is 3.09. The number of fused-ring (bicyclic) bond motifs is 1. The zero-order valence-corrected chi connectivity index (χ0v) is 17.7. The van der Waals surface area contributed by atoms with Crippen LogP contribution in [-0.2, 0) is 11.3 Å². The van der Waals surface area contributed by atoms with E-state index in [0.717, 1.165) is 21.8 Å². The molecule has 0 spiro atoms. The van der Waals surface area contributed by atoms with Crippen LogP contribution in [0.5, 0.6) is 11.5 Å². The number of ether oxygens (including phenoxy) is 1. The van der Waals surface area contributed by atoms with Crippen LogP contribution in [0.3, 0.4) is 0 Å². The number of nitrogens with one attached hydrogen (secondary N) is 1. The fraction of sp³-hybridized carbons (Fsp3) is 0.174. The molecule has 6 nitrogen and oxygen atoms in total. The number of carbonyl (C=O) groups is 1. The molecular formula is C23H21N3O3S. The van der Waals surface area contributed by atoms with Crippen molar-refractivity contribution in [3.63, 3.8) is 0 Å². The summed E-state index contributed by atoms with van der Waals surface area (Å²) in [6, 6.07) is 14.9. The zero-order valence-electron chi connectivity index (χ0n) is 16.9. The number of benzene rings is 2. The molecule has 0 radical (unpaired) electrons. The van der Waals surface area contributed by atoms with Crippen LogP contribution in [0.2, 0.25) is 0 Å². The lowest BCUT2D eigenvalue weighted by Gasteiger charge is -2.09. The van der Waals surface area contributed by atoms with Crippen molar-refractivity contribution in [3.05, 3.63) is 81.2 Å². The normalized spacial score (nSPS) is 10.9. The molecule has 0 saturated carbocycles. The first-order valence-corrected chi connectivity index (χ1v) is 10.3. The predicted octanol–water partition coefficient (Wildman–Crippen LogP) is 4.81. The van der Waals surface area contributed by atoms with Crippen LogP contribution >= 0.6 is 11.3 Å². The van der Waals surface area contributed by atoms with Crippen LogP contribution < -0.4 is 15.6 Å². The van der Waals surface area contributed by atoms with Gasteiger partial charge in [-0.2, -0.15) is 0 Å². The molecule has 2 heterocycles. The molecule has 1 N–H and O–H groups in total. The van der Waals surface area contributed by atoms with Gasteiger partial charge in [-0.15, -0.1) is 11.3 Å². The Kier molecular flexibility index (Phi) is 5.37. The minimum atomic E-state index is -0.296. The van der Waals surface area contributed by atoms with Gasteiger partial charge in [0.2, 0.25) is 5.91 Å². The smallest absolute Gasteiger partial charge is 0.262 e. The van der Waals surface area contributed by atoms with Gasteiger partial charge in [0.1, 0.15) is 22.9 Å². The zero-order chi connectivity index (χ0) is 21.3. The Morgan fingerprint density at radius 1 is 1.03 bits per heavy atom. The first kappa shape index (κ1) is 19.8. The van der Waals surface area contributed by atoms with Crippen molar-refractivity contribution >= 4 is 33.1 Å². The molecule has 2 aromatic carbocycles. The molecule has 30 heavy (non-hydrogen) atoms. The molecule has 0 aliphatic carbocycles. The number of aryl methyl sites for hydroxylation is 3. The number of anilines is 1. The SMILES string of the molecule is Cc1ccc(Oc2ccc(NC(=O)Cn3cnc4sc(C)c(C)c4c3=O)cc2)cc1. The van der Waals surface area contributed by atoms with Crippen molar-refractivity contribution in [1.82, 2.24) is 9.55 Å². The lowest BCUT2D eigenvalue weighted by molar-refractivity contribution is -0.116. The summed E-state index contributed by atoms with van der Waals surface area (Å²) in [7, 11) is 0. The summed E-state index contributed by atoms with van der Waals surface area (Å²) >= 11 is 1.49. The second-order valence-corrected chi connectivity index (χ2v) is 8.33. The van der Waals surface area contributed by atoms with Crippen molar-refractivity contribution < 1.29 is 9.53 Å². The molecule has 0 bridgehead atoms. The number of rotatable bonds is 5. The van der Waals surface area contributed by atoms with Crippen molar-refractivity contribution in [2.75, 3.05) is 5.32 Å². The number of aromatic nitrogens is 2. The number of thiophene rings is 1. The van der Waals surface area contributed by atoms with Crippen molar-refractivity contribution in [2.45, 2.75) is 27.3 Å². The molecule has 0 fully saturated rings. The molecule has 7 heteroatoms. The summed E-state index contributed by atoms with van der Waals surface area (Å²) in [6.07, 6.45) is 1.43. The van der Waals surface area contributed by atoms with Gasteiger partial charge in [0, 0.05) is 10.6 Å². The standard InChI is InChI=1S/C23H21N3O3S/c1-14-4-8-18(9-5-14)29-19-10-6-17(7-11-19)25-20(27)12-26-13-24-22-21(23(26)28)15(2)16(3)30-22/h4-11,13H,12H2,1-3H3,(H,25,27). The van der Waals surface area contributed by atoms with Crippen LogP contribution in [0.15, 0.2) is 59.7 Å². The maximum atomic E-state index is 12.7. The first-order chi connectivity index (χ1) is 14.4. The second kappa shape index (κ2) is 8.12. The third kappa shape index (κ3) is 4.11. The van der Waals surface area contributed by atoms with Crippen LogP contribution in [0.25, 0.3) is 10.2 Å². The Labute approximate surface area is 177 Å². The van der Waals surface area contributed by atoms with Crippen LogP contribution in [0.4, 0.5) is 5.69 Å². The summed E-state index contributed by atoms with van der Waals surface area (Å²) in [4.78, 5) is 31.3. The Morgan fingerprint density at radius 2 is 1.67 bits per heavy atom. The average Bonchev–Trinajstić information content (AvgIpc) is 3.02. The van der Waals surface area contributed by atoms with Gasteiger partial charge in [-0.3, -0.25) is 14.2 Å². The van der Waals surface area contributed by atoms with Gasteiger partial charge in [-0.05, 0) is 62.7 Å². The highest BCUT2D eigenvalue weighted by Gasteiger charge is 2.14. The Hall–Kier alpha value is -3.45. The Bertz CT molecular complexity index is 1270. The third-order valence-corrected chi connectivity index (χ3v) is 5.98. The van der Waals surface area contributed by atoms with E-state index in [-0.39, 0.29) is 18.0 Å². The molecule has 4 aromatic rings. The van der Waals surface area contributed by atoms with E-state index in [4.69, 9.17) is 4.74 Å². The summed E-state index contributed by atoms with van der Waals surface area (Å²) in [5.41, 5.74) is 2.52. The van der Waals surface area contributed by atoms with Gasteiger partial charge < -0.3 is 10.1 Å². The number of amides is 1. The average molecular weight is 420 g/mol. The molecule has 2 aromatic heterocycles. The van der Waals surface area contributed by atoms with E-state index < -0.39 is 0 Å². The highest BCUT2D eigenvalue weighted by molar-refractivity contribution is 7.18. The van der Waals surface area contributed by atoms with E-state index in [1.54, 1.807) is 24.3 Å². The quantitative estimate of drug-likeness (QED) is 0.504. The molecule has 0 unspecified atom stereocenters. The predicted molar refractivity (Wildman–Crippen MR) is 120 cm³/mol. The molecule has 0 atom stereocenters. The van der Waals surface area contributed by atoms with Gasteiger partial charge >= 0.3 is 0 Å². The molecule has 0 aliphatic heterocycles. The largest absolute Gasteiger partial charge is 0.457 e. The monoisotopic (exact) mass is 419 g/mol. The molecule has 1 amide bonds. The van der Waals surface area contributed by atoms with Crippen molar-refractivity contribution in [3.8, 4) is 11.5 Å². The number of hydrogen-bond acceptors (Lipinski definition) is 5. The molecule has 152 valence electrons. The molecule has 4 rings (SSSR count). The number of carbonyl (C=O) groups excluding carboxylic acids is 1. The summed E-state index contributed by atoms with van der Waals surface area (Å²) in [6.45, 7) is 5.79. The highest BCUT2D eigenvalue weighted by Crippen LogP contribution is 2.25. The second-order valence-electron chi connectivity index (χ2n) is 7.13. The lowest BCUT2D eigenvalue weighted by Crippen LogP contribution is -2.27. The van der Waals surface area contributed by atoms with Gasteiger partial charge in [-0.25, -0.2) is 4.98 Å². The topological polar surface area (TPSA) is 73.2 Å². The minimum absolute atomic E-state index is 0.0995.